The summed E-state index contributed by atoms with van der Waals surface area (Å²) in [6.07, 6.45) is 2.34. The van der Waals surface area contributed by atoms with Gasteiger partial charge in [-0.15, -0.1) is 0 Å². The average molecular weight is 276 g/mol. The van der Waals surface area contributed by atoms with Gasteiger partial charge in [0, 0.05) is 12.5 Å². The molecule has 0 aliphatic carbocycles. The summed E-state index contributed by atoms with van der Waals surface area (Å²) in [5.41, 5.74) is 3.24. The Balaban J connectivity index is 2.26. The van der Waals surface area contributed by atoms with Crippen molar-refractivity contribution in [2.24, 2.45) is 5.92 Å². The molecular formula is C15H20N2O3. The minimum atomic E-state index is -0.135. The first-order valence-electron chi connectivity index (χ1n) is 6.73. The molecule has 108 valence electrons. The van der Waals surface area contributed by atoms with Crippen molar-refractivity contribution in [2.45, 2.75) is 19.8 Å². The van der Waals surface area contributed by atoms with Gasteiger partial charge in [0.25, 0.3) is 0 Å². The standard InChI is InChI=1S/C15H20N2O3/c1-2-17-20-12-13(11-18)6-5-9-19-15-8-4-3-7-14(15)10-16/h3-4,7-8,11,13,17H,2,5-6,9,12H2,1H3. The minimum absolute atomic E-state index is 0.135. The fraction of sp³-hybridized carbons (Fsp3) is 0.467. The topological polar surface area (TPSA) is 71.3 Å². The largest absolute Gasteiger partial charge is 0.492 e. The number of nitriles is 1. The summed E-state index contributed by atoms with van der Waals surface area (Å²) in [4.78, 5) is 16.0. The number of carbonyl (C=O) groups excluding carboxylic acids is 1. The van der Waals surface area contributed by atoms with E-state index in [0.29, 0.717) is 37.5 Å². The number of carbonyl (C=O) groups is 1. The van der Waals surface area contributed by atoms with E-state index in [4.69, 9.17) is 14.8 Å². The predicted octanol–water partition coefficient (Wildman–Crippen LogP) is 2.07. The van der Waals surface area contributed by atoms with Gasteiger partial charge in [0.2, 0.25) is 0 Å². The zero-order chi connectivity index (χ0) is 14.6. The Morgan fingerprint density at radius 1 is 1.45 bits per heavy atom. The van der Waals surface area contributed by atoms with Crippen molar-refractivity contribution in [3.63, 3.8) is 0 Å². The maximum absolute atomic E-state index is 10.9. The number of aldehydes is 1. The maximum atomic E-state index is 10.9. The fourth-order valence-electron chi connectivity index (χ4n) is 1.67. The lowest BCUT2D eigenvalue weighted by Gasteiger charge is -2.11. The van der Waals surface area contributed by atoms with Gasteiger partial charge in [0.1, 0.15) is 18.1 Å². The lowest BCUT2D eigenvalue weighted by atomic mass is 10.1. The summed E-state index contributed by atoms with van der Waals surface area (Å²) < 4.78 is 5.55. The molecule has 0 saturated carbocycles. The zero-order valence-corrected chi connectivity index (χ0v) is 11.7. The average Bonchev–Trinajstić information content (AvgIpc) is 2.50. The minimum Gasteiger partial charge on any atom is -0.492 e. The molecule has 0 heterocycles. The van der Waals surface area contributed by atoms with Gasteiger partial charge in [-0.2, -0.15) is 5.26 Å². The molecule has 0 aliphatic heterocycles. The Kier molecular flexibility index (Phi) is 8.04. The number of hydrogen-bond acceptors (Lipinski definition) is 5. The Morgan fingerprint density at radius 2 is 2.25 bits per heavy atom. The molecule has 5 nitrogen and oxygen atoms in total. The molecule has 0 bridgehead atoms. The van der Waals surface area contributed by atoms with Crippen molar-refractivity contribution in [1.29, 1.82) is 5.26 Å². The molecule has 1 aromatic rings. The third-order valence-electron chi connectivity index (χ3n) is 2.72. The Hall–Kier alpha value is -1.90. The highest BCUT2D eigenvalue weighted by atomic mass is 16.6. The van der Waals surface area contributed by atoms with Crippen LogP contribution in [-0.4, -0.2) is 26.0 Å². The van der Waals surface area contributed by atoms with Crippen LogP contribution in [-0.2, 0) is 9.63 Å². The molecule has 1 rings (SSSR count). The van der Waals surface area contributed by atoms with Crippen molar-refractivity contribution in [2.75, 3.05) is 19.8 Å². The Labute approximate surface area is 119 Å². The van der Waals surface area contributed by atoms with Crippen molar-refractivity contribution < 1.29 is 14.4 Å². The molecule has 0 aromatic heterocycles. The Bertz CT molecular complexity index is 443. The van der Waals surface area contributed by atoms with Crippen LogP contribution in [0.3, 0.4) is 0 Å². The van der Waals surface area contributed by atoms with Gasteiger partial charge in [-0.05, 0) is 25.0 Å². The monoisotopic (exact) mass is 276 g/mol. The quantitative estimate of drug-likeness (QED) is 0.402. The highest BCUT2D eigenvalue weighted by Gasteiger charge is 2.08. The van der Waals surface area contributed by atoms with E-state index in [1.807, 2.05) is 13.0 Å². The summed E-state index contributed by atoms with van der Waals surface area (Å²) >= 11 is 0. The predicted molar refractivity (Wildman–Crippen MR) is 75.1 cm³/mol. The summed E-state index contributed by atoms with van der Waals surface area (Å²) in [5.74, 6) is 0.449. The van der Waals surface area contributed by atoms with E-state index < -0.39 is 0 Å². The van der Waals surface area contributed by atoms with Gasteiger partial charge in [-0.3, -0.25) is 0 Å². The first-order valence-corrected chi connectivity index (χ1v) is 6.73. The van der Waals surface area contributed by atoms with Crippen LogP contribution in [0.25, 0.3) is 0 Å². The molecule has 0 radical (unpaired) electrons. The number of nitrogens with one attached hydrogen (secondary N) is 1. The number of nitrogens with zero attached hydrogens (tertiary/aromatic N) is 1. The van der Waals surface area contributed by atoms with Gasteiger partial charge >= 0.3 is 0 Å². The molecule has 1 aromatic carbocycles. The van der Waals surface area contributed by atoms with Gasteiger partial charge in [0.15, 0.2) is 0 Å². The van der Waals surface area contributed by atoms with Crippen molar-refractivity contribution in [1.82, 2.24) is 5.48 Å². The van der Waals surface area contributed by atoms with Crippen LogP contribution in [0.1, 0.15) is 25.3 Å². The van der Waals surface area contributed by atoms with E-state index in [1.54, 1.807) is 18.2 Å². The third kappa shape index (κ3) is 5.83. The number of ether oxygens (including phenoxy) is 1. The number of benzene rings is 1. The van der Waals surface area contributed by atoms with E-state index in [1.165, 1.54) is 0 Å². The molecule has 0 amide bonds. The summed E-state index contributed by atoms with van der Waals surface area (Å²) in [5, 5.41) is 8.92. The van der Waals surface area contributed by atoms with Crippen LogP contribution in [0, 0.1) is 17.2 Å². The van der Waals surface area contributed by atoms with Crippen LogP contribution in [0.4, 0.5) is 0 Å². The smallest absolute Gasteiger partial charge is 0.137 e. The van der Waals surface area contributed by atoms with Crippen LogP contribution in [0.15, 0.2) is 24.3 Å². The molecule has 0 aliphatic rings. The highest BCUT2D eigenvalue weighted by Crippen LogP contribution is 2.17. The molecule has 5 heteroatoms. The van der Waals surface area contributed by atoms with Gasteiger partial charge in [-0.25, -0.2) is 5.48 Å². The SMILES string of the molecule is CCNOCC(C=O)CCCOc1ccccc1C#N. The van der Waals surface area contributed by atoms with Crippen LogP contribution >= 0.6 is 0 Å². The fourth-order valence-corrected chi connectivity index (χ4v) is 1.67. The first-order chi connectivity index (χ1) is 9.81. The second kappa shape index (κ2) is 9.96. The van der Waals surface area contributed by atoms with E-state index in [2.05, 4.69) is 11.5 Å². The highest BCUT2D eigenvalue weighted by molar-refractivity contribution is 5.53. The zero-order valence-electron chi connectivity index (χ0n) is 11.7. The summed E-state index contributed by atoms with van der Waals surface area (Å²) in [7, 11) is 0. The van der Waals surface area contributed by atoms with Crippen molar-refractivity contribution >= 4 is 6.29 Å². The number of hydrogen-bond donors (Lipinski definition) is 1. The van der Waals surface area contributed by atoms with E-state index >= 15 is 0 Å². The van der Waals surface area contributed by atoms with E-state index in [9.17, 15) is 4.79 Å². The lowest BCUT2D eigenvalue weighted by molar-refractivity contribution is -0.114. The number of rotatable bonds is 10. The van der Waals surface area contributed by atoms with Crippen LogP contribution in [0.5, 0.6) is 5.75 Å². The molecule has 20 heavy (non-hydrogen) atoms. The molecule has 0 fully saturated rings. The molecule has 1 N–H and O–H groups in total. The first kappa shape index (κ1) is 16.2. The normalized spacial score (nSPS) is 11.6. The van der Waals surface area contributed by atoms with E-state index in [-0.39, 0.29) is 5.92 Å². The third-order valence-corrected chi connectivity index (χ3v) is 2.72. The lowest BCUT2D eigenvalue weighted by Crippen LogP contribution is -2.20. The molecule has 0 spiro atoms. The summed E-state index contributed by atoms with van der Waals surface area (Å²) in [6.45, 7) is 3.48. The number of hydroxylamine groups is 1. The molecule has 0 saturated heterocycles. The van der Waals surface area contributed by atoms with Crippen LogP contribution in [0.2, 0.25) is 0 Å². The molecular weight excluding hydrogens is 256 g/mol. The van der Waals surface area contributed by atoms with Crippen LogP contribution < -0.4 is 10.2 Å². The van der Waals surface area contributed by atoms with Gasteiger partial charge in [-0.1, -0.05) is 19.1 Å². The van der Waals surface area contributed by atoms with Crippen molar-refractivity contribution in [3.05, 3.63) is 29.8 Å². The molecule has 1 unspecified atom stereocenters. The number of para-hydroxylation sites is 1. The van der Waals surface area contributed by atoms with Gasteiger partial charge in [0.05, 0.1) is 18.8 Å². The molecule has 1 atom stereocenters. The van der Waals surface area contributed by atoms with E-state index in [0.717, 1.165) is 12.7 Å². The Morgan fingerprint density at radius 3 is 2.95 bits per heavy atom. The second-order valence-electron chi connectivity index (χ2n) is 4.30. The van der Waals surface area contributed by atoms with Crippen molar-refractivity contribution in [3.8, 4) is 11.8 Å². The second-order valence-corrected chi connectivity index (χ2v) is 4.30. The summed E-state index contributed by atoms with van der Waals surface area (Å²) in [6, 6.07) is 9.19. The maximum Gasteiger partial charge on any atom is 0.137 e. The van der Waals surface area contributed by atoms with Gasteiger partial charge < -0.3 is 14.4 Å².